The van der Waals surface area contributed by atoms with Gasteiger partial charge in [-0.05, 0) is 25.1 Å². The van der Waals surface area contributed by atoms with Gasteiger partial charge in [-0.2, -0.15) is 0 Å². The number of imidazole rings is 1. The molecule has 1 unspecified atom stereocenters. The highest BCUT2D eigenvalue weighted by Gasteiger charge is 2.27. The molecule has 1 atom stereocenters. The molecule has 4 nitrogen and oxygen atoms in total. The second-order valence-electron chi connectivity index (χ2n) is 4.60. The van der Waals surface area contributed by atoms with Gasteiger partial charge in [-0.1, -0.05) is 6.92 Å². The Hall–Kier alpha value is -1.42. The molecular formula is C12H16N4. The minimum absolute atomic E-state index is 0.513. The summed E-state index contributed by atoms with van der Waals surface area (Å²) >= 11 is 0. The van der Waals surface area contributed by atoms with Crippen LogP contribution in [0.25, 0.3) is 11.0 Å². The average Bonchev–Trinajstić information content (AvgIpc) is 2.54. The first-order valence-electron chi connectivity index (χ1n) is 5.74. The van der Waals surface area contributed by atoms with E-state index in [9.17, 15) is 0 Å². The Morgan fingerprint density at radius 3 is 2.94 bits per heavy atom. The van der Waals surface area contributed by atoms with E-state index < -0.39 is 0 Å². The number of pyridine rings is 1. The van der Waals surface area contributed by atoms with E-state index in [1.54, 1.807) is 6.20 Å². The Labute approximate surface area is 94.7 Å². The van der Waals surface area contributed by atoms with Crippen molar-refractivity contribution in [1.82, 2.24) is 19.9 Å². The Morgan fingerprint density at radius 1 is 1.50 bits per heavy atom. The van der Waals surface area contributed by atoms with Crippen LogP contribution in [0.2, 0.25) is 0 Å². The van der Waals surface area contributed by atoms with Crippen LogP contribution in [0.5, 0.6) is 0 Å². The molecule has 0 aromatic carbocycles. The lowest BCUT2D eigenvalue weighted by molar-refractivity contribution is 0.293. The summed E-state index contributed by atoms with van der Waals surface area (Å²) in [6, 6.07) is 1.98. The third-order valence-electron chi connectivity index (χ3n) is 3.65. The maximum atomic E-state index is 4.71. The minimum atomic E-state index is 0.513. The van der Waals surface area contributed by atoms with Gasteiger partial charge in [0, 0.05) is 19.2 Å². The summed E-state index contributed by atoms with van der Waals surface area (Å²) in [6.07, 6.45) is 3.69. The highest BCUT2D eigenvalue weighted by Crippen LogP contribution is 2.28. The van der Waals surface area contributed by atoms with Gasteiger partial charge in [-0.3, -0.25) is 4.98 Å². The maximum Gasteiger partial charge on any atom is 0.112 e. The van der Waals surface area contributed by atoms with Gasteiger partial charge in [0.05, 0.1) is 17.2 Å². The largest absolute Gasteiger partial charge is 0.330 e. The number of rotatable bonds is 2. The smallest absolute Gasteiger partial charge is 0.112 e. The van der Waals surface area contributed by atoms with Crippen molar-refractivity contribution in [1.29, 1.82) is 0 Å². The first kappa shape index (κ1) is 9.78. The number of fused-ring (bicyclic) bond motifs is 1. The lowest BCUT2D eigenvalue weighted by atomic mass is 9.88. The molecule has 16 heavy (non-hydrogen) atoms. The molecule has 0 bridgehead atoms. The summed E-state index contributed by atoms with van der Waals surface area (Å²) in [4.78, 5) is 8.86. The molecule has 0 spiro atoms. The molecule has 3 heterocycles. The van der Waals surface area contributed by atoms with Crippen LogP contribution in [0, 0.1) is 5.92 Å². The molecule has 0 saturated carbocycles. The van der Waals surface area contributed by atoms with E-state index in [0.717, 1.165) is 30.0 Å². The SMILES string of the molecule is CC(c1nc2ccncc2n1C)C1CNC1. The number of hydrogen-bond acceptors (Lipinski definition) is 3. The van der Waals surface area contributed by atoms with Crippen LogP contribution in [0.1, 0.15) is 18.7 Å². The van der Waals surface area contributed by atoms with E-state index >= 15 is 0 Å². The van der Waals surface area contributed by atoms with E-state index in [0.29, 0.717) is 5.92 Å². The first-order valence-corrected chi connectivity index (χ1v) is 5.74. The molecule has 4 heteroatoms. The average molecular weight is 216 g/mol. The maximum absolute atomic E-state index is 4.71. The third-order valence-corrected chi connectivity index (χ3v) is 3.65. The van der Waals surface area contributed by atoms with Crippen LogP contribution in [-0.4, -0.2) is 27.6 Å². The minimum Gasteiger partial charge on any atom is -0.330 e. The third kappa shape index (κ3) is 1.33. The van der Waals surface area contributed by atoms with Crippen molar-refractivity contribution < 1.29 is 0 Å². The van der Waals surface area contributed by atoms with Crippen LogP contribution >= 0.6 is 0 Å². The summed E-state index contributed by atoms with van der Waals surface area (Å²) in [6.45, 7) is 4.49. The second-order valence-corrected chi connectivity index (χ2v) is 4.60. The Morgan fingerprint density at radius 2 is 2.31 bits per heavy atom. The van der Waals surface area contributed by atoms with Gasteiger partial charge in [-0.15, -0.1) is 0 Å². The molecule has 1 aliphatic heterocycles. The number of hydrogen-bond donors (Lipinski definition) is 1. The molecule has 0 aliphatic carbocycles. The normalized spacial score (nSPS) is 18.6. The summed E-state index contributed by atoms with van der Waals surface area (Å²) < 4.78 is 2.17. The number of nitrogens with zero attached hydrogens (tertiary/aromatic N) is 3. The fourth-order valence-corrected chi connectivity index (χ4v) is 2.34. The van der Waals surface area contributed by atoms with Crippen LogP contribution in [0.15, 0.2) is 18.5 Å². The zero-order valence-corrected chi connectivity index (χ0v) is 9.64. The molecule has 1 aliphatic rings. The molecular weight excluding hydrogens is 200 g/mol. The van der Waals surface area contributed by atoms with Gasteiger partial charge in [0.2, 0.25) is 0 Å². The summed E-state index contributed by atoms with van der Waals surface area (Å²) in [5.74, 6) is 2.41. The molecule has 1 saturated heterocycles. The number of aromatic nitrogens is 3. The van der Waals surface area contributed by atoms with Crippen molar-refractivity contribution in [2.45, 2.75) is 12.8 Å². The van der Waals surface area contributed by atoms with Crippen molar-refractivity contribution >= 4 is 11.0 Å². The van der Waals surface area contributed by atoms with Crippen molar-refractivity contribution in [3.8, 4) is 0 Å². The van der Waals surface area contributed by atoms with Gasteiger partial charge >= 0.3 is 0 Å². The zero-order valence-electron chi connectivity index (χ0n) is 9.64. The fourth-order valence-electron chi connectivity index (χ4n) is 2.34. The van der Waals surface area contributed by atoms with Crippen LogP contribution in [0.3, 0.4) is 0 Å². The molecule has 1 fully saturated rings. The monoisotopic (exact) mass is 216 g/mol. The molecule has 84 valence electrons. The quantitative estimate of drug-likeness (QED) is 0.822. The Balaban J connectivity index is 2.05. The highest BCUT2D eigenvalue weighted by molar-refractivity contribution is 5.74. The van der Waals surface area contributed by atoms with Crippen LogP contribution < -0.4 is 5.32 Å². The van der Waals surface area contributed by atoms with Gasteiger partial charge < -0.3 is 9.88 Å². The zero-order chi connectivity index (χ0) is 11.1. The Kier molecular flexibility index (Phi) is 2.17. The molecule has 3 rings (SSSR count). The van der Waals surface area contributed by atoms with Gasteiger partial charge in [0.25, 0.3) is 0 Å². The van der Waals surface area contributed by atoms with Crippen molar-refractivity contribution in [2.75, 3.05) is 13.1 Å². The van der Waals surface area contributed by atoms with Gasteiger partial charge in [0.15, 0.2) is 0 Å². The fraction of sp³-hybridized carbons (Fsp3) is 0.500. The standard InChI is InChI=1S/C12H16N4/c1-8(9-5-14-6-9)12-15-10-3-4-13-7-11(10)16(12)2/h3-4,7-9,14H,5-6H2,1-2H3. The second kappa shape index (κ2) is 3.56. The number of aryl methyl sites for hydroxylation is 1. The topological polar surface area (TPSA) is 42.7 Å². The van der Waals surface area contributed by atoms with E-state index in [4.69, 9.17) is 4.98 Å². The lowest BCUT2D eigenvalue weighted by Crippen LogP contribution is -2.45. The Bertz CT molecular complexity index is 513. The van der Waals surface area contributed by atoms with Crippen molar-refractivity contribution in [3.63, 3.8) is 0 Å². The van der Waals surface area contributed by atoms with E-state index in [2.05, 4.69) is 28.8 Å². The summed E-state index contributed by atoms with van der Waals surface area (Å²) in [5.41, 5.74) is 2.17. The van der Waals surface area contributed by atoms with Gasteiger partial charge in [-0.25, -0.2) is 4.98 Å². The summed E-state index contributed by atoms with van der Waals surface area (Å²) in [5, 5.41) is 3.32. The molecule has 0 amide bonds. The van der Waals surface area contributed by atoms with E-state index in [-0.39, 0.29) is 0 Å². The molecule has 0 radical (unpaired) electrons. The van der Waals surface area contributed by atoms with Crippen molar-refractivity contribution in [2.24, 2.45) is 13.0 Å². The van der Waals surface area contributed by atoms with E-state index in [1.165, 1.54) is 5.82 Å². The molecule has 2 aromatic rings. The van der Waals surface area contributed by atoms with Gasteiger partial charge in [0.1, 0.15) is 5.82 Å². The predicted molar refractivity (Wildman–Crippen MR) is 63.3 cm³/mol. The van der Waals surface area contributed by atoms with Crippen LogP contribution in [-0.2, 0) is 7.05 Å². The lowest BCUT2D eigenvalue weighted by Gasteiger charge is -2.32. The highest BCUT2D eigenvalue weighted by atomic mass is 15.1. The van der Waals surface area contributed by atoms with Crippen molar-refractivity contribution in [3.05, 3.63) is 24.3 Å². The van der Waals surface area contributed by atoms with Crippen LogP contribution in [0.4, 0.5) is 0 Å². The molecule has 2 aromatic heterocycles. The van der Waals surface area contributed by atoms with E-state index in [1.807, 2.05) is 12.3 Å². The summed E-state index contributed by atoms with van der Waals surface area (Å²) in [7, 11) is 2.08. The predicted octanol–water partition coefficient (Wildman–Crippen LogP) is 1.29. The number of nitrogens with one attached hydrogen (secondary N) is 1. The molecule has 1 N–H and O–H groups in total. The first-order chi connectivity index (χ1) is 7.77.